The van der Waals surface area contributed by atoms with Crippen LogP contribution in [0.3, 0.4) is 0 Å². The molecule has 0 saturated heterocycles. The highest BCUT2D eigenvalue weighted by atomic mass is 16.2. The van der Waals surface area contributed by atoms with E-state index in [9.17, 15) is 4.79 Å². The van der Waals surface area contributed by atoms with E-state index in [-0.39, 0.29) is 5.91 Å². The first-order valence-electron chi connectivity index (χ1n) is 6.34. The highest BCUT2D eigenvalue weighted by Gasteiger charge is 2.20. The predicted molar refractivity (Wildman–Crippen MR) is 70.5 cm³/mol. The van der Waals surface area contributed by atoms with Crippen LogP contribution in [0.15, 0.2) is 30.2 Å². The van der Waals surface area contributed by atoms with Crippen LogP contribution >= 0.6 is 0 Å². The lowest BCUT2D eigenvalue weighted by atomic mass is 10.3. The number of allylic oxidation sites excluding steroid dienone is 1. The topological polar surface area (TPSA) is 23.6 Å². The molecule has 1 rings (SSSR count). The molecule has 3 nitrogen and oxygen atoms in total. The summed E-state index contributed by atoms with van der Waals surface area (Å²) in [6.07, 6.45) is 5.66. The Balaban J connectivity index is 2.48. The van der Waals surface area contributed by atoms with Crippen LogP contribution in [0.25, 0.3) is 0 Å². The maximum atomic E-state index is 11.6. The van der Waals surface area contributed by atoms with Crippen LogP contribution in [0.2, 0.25) is 0 Å². The van der Waals surface area contributed by atoms with Gasteiger partial charge in [-0.2, -0.15) is 0 Å². The number of nitrogens with zero attached hydrogens (tertiary/aromatic N) is 2. The van der Waals surface area contributed by atoms with E-state index >= 15 is 0 Å². The van der Waals surface area contributed by atoms with Crippen molar-refractivity contribution in [2.45, 2.75) is 26.7 Å². The molecule has 0 bridgehead atoms. The molecule has 3 heteroatoms. The van der Waals surface area contributed by atoms with Gasteiger partial charge in [-0.25, -0.2) is 0 Å². The number of carbonyl (C=O) groups excluding carboxylic acids is 1. The predicted octanol–water partition coefficient (Wildman–Crippen LogP) is 2.18. The molecule has 0 unspecified atom stereocenters. The molecule has 94 valence electrons. The molecule has 0 aromatic heterocycles. The number of hydrogen-bond donors (Lipinski definition) is 0. The van der Waals surface area contributed by atoms with Crippen molar-refractivity contribution in [2.24, 2.45) is 0 Å². The van der Waals surface area contributed by atoms with Crippen molar-refractivity contribution >= 4 is 5.91 Å². The van der Waals surface area contributed by atoms with E-state index in [1.807, 2.05) is 0 Å². The molecule has 1 heterocycles. The molecule has 0 saturated carbocycles. The number of amides is 1. The zero-order valence-corrected chi connectivity index (χ0v) is 10.9. The zero-order valence-electron chi connectivity index (χ0n) is 10.9. The van der Waals surface area contributed by atoms with Crippen molar-refractivity contribution in [1.29, 1.82) is 0 Å². The van der Waals surface area contributed by atoms with Gasteiger partial charge in [0, 0.05) is 19.2 Å². The Bertz CT molecular complexity index is 334. The Morgan fingerprint density at radius 1 is 1.24 bits per heavy atom. The third kappa shape index (κ3) is 3.88. The molecule has 0 fully saturated rings. The monoisotopic (exact) mass is 234 g/mol. The van der Waals surface area contributed by atoms with E-state index in [0.29, 0.717) is 0 Å². The second-order valence-electron chi connectivity index (χ2n) is 4.23. The van der Waals surface area contributed by atoms with Crippen LogP contribution in [-0.2, 0) is 4.79 Å². The molecule has 1 aliphatic rings. The summed E-state index contributed by atoms with van der Waals surface area (Å²) in [5.41, 5.74) is 3.59. The van der Waals surface area contributed by atoms with Gasteiger partial charge in [0.1, 0.15) is 0 Å². The van der Waals surface area contributed by atoms with Gasteiger partial charge >= 0.3 is 0 Å². The van der Waals surface area contributed by atoms with Crippen LogP contribution in [0.1, 0.15) is 26.7 Å². The minimum absolute atomic E-state index is 0.0455. The third-order valence-corrected chi connectivity index (χ3v) is 2.84. The molecule has 0 aromatic rings. The summed E-state index contributed by atoms with van der Waals surface area (Å²) < 4.78 is 0. The molecule has 0 N–H and O–H groups in total. The van der Waals surface area contributed by atoms with Crippen LogP contribution in [0, 0.1) is 0 Å². The normalized spacial score (nSPS) is 14.9. The van der Waals surface area contributed by atoms with Crippen molar-refractivity contribution in [2.75, 3.05) is 26.2 Å². The van der Waals surface area contributed by atoms with Crippen molar-refractivity contribution in [3.05, 3.63) is 30.2 Å². The van der Waals surface area contributed by atoms with E-state index in [1.165, 1.54) is 0 Å². The Hall–Kier alpha value is -1.31. The minimum atomic E-state index is 0.0455. The minimum Gasteiger partial charge on any atom is -0.302 e. The van der Waals surface area contributed by atoms with Gasteiger partial charge in [0.2, 0.25) is 0 Å². The van der Waals surface area contributed by atoms with Crippen molar-refractivity contribution in [3.8, 4) is 0 Å². The Morgan fingerprint density at radius 2 is 1.88 bits per heavy atom. The van der Waals surface area contributed by atoms with Crippen molar-refractivity contribution < 1.29 is 4.79 Å². The van der Waals surface area contributed by atoms with Gasteiger partial charge in [-0.15, -0.1) is 5.73 Å². The zero-order chi connectivity index (χ0) is 12.7. The summed E-state index contributed by atoms with van der Waals surface area (Å²) >= 11 is 0. The molecular weight excluding hydrogens is 212 g/mol. The molecule has 1 aliphatic heterocycles. The SMILES string of the molecule is C=C=C1C=CC(=O)N1CCN(CCC)CCC. The Labute approximate surface area is 104 Å². The molecule has 17 heavy (non-hydrogen) atoms. The summed E-state index contributed by atoms with van der Waals surface area (Å²) in [7, 11) is 0. The van der Waals surface area contributed by atoms with Crippen LogP contribution in [0.4, 0.5) is 0 Å². The second kappa shape index (κ2) is 7.10. The fourth-order valence-corrected chi connectivity index (χ4v) is 2.04. The molecule has 0 spiro atoms. The number of hydrogen-bond acceptors (Lipinski definition) is 2. The second-order valence-corrected chi connectivity index (χ2v) is 4.23. The maximum Gasteiger partial charge on any atom is 0.251 e. The fourth-order valence-electron chi connectivity index (χ4n) is 2.04. The van der Waals surface area contributed by atoms with Gasteiger partial charge in [-0.1, -0.05) is 20.4 Å². The number of carbonyl (C=O) groups is 1. The van der Waals surface area contributed by atoms with E-state index in [1.54, 1.807) is 17.1 Å². The highest BCUT2D eigenvalue weighted by molar-refractivity contribution is 5.93. The van der Waals surface area contributed by atoms with Gasteiger partial charge in [-0.05, 0) is 32.0 Å². The molecule has 0 aromatic carbocycles. The van der Waals surface area contributed by atoms with Crippen molar-refractivity contribution in [3.63, 3.8) is 0 Å². The molecule has 0 radical (unpaired) electrons. The lowest BCUT2D eigenvalue weighted by Gasteiger charge is -2.24. The smallest absolute Gasteiger partial charge is 0.251 e. The lowest BCUT2D eigenvalue weighted by molar-refractivity contribution is -0.123. The fraction of sp³-hybridized carbons (Fsp3) is 0.571. The summed E-state index contributed by atoms with van der Waals surface area (Å²) in [4.78, 5) is 15.7. The van der Waals surface area contributed by atoms with E-state index in [2.05, 4.69) is 31.1 Å². The summed E-state index contributed by atoms with van der Waals surface area (Å²) in [5, 5.41) is 0. The van der Waals surface area contributed by atoms with Gasteiger partial charge < -0.3 is 9.80 Å². The molecular formula is C14H22N2O. The first-order chi connectivity index (χ1) is 8.22. The Kier molecular flexibility index (Phi) is 5.75. The first kappa shape index (κ1) is 13.8. The van der Waals surface area contributed by atoms with Crippen LogP contribution < -0.4 is 0 Å². The quantitative estimate of drug-likeness (QED) is 0.630. The molecule has 0 atom stereocenters. The van der Waals surface area contributed by atoms with Gasteiger partial charge in [0.25, 0.3) is 5.91 Å². The van der Waals surface area contributed by atoms with E-state index in [4.69, 9.17) is 0 Å². The van der Waals surface area contributed by atoms with Gasteiger partial charge in [0.05, 0.1) is 5.70 Å². The average molecular weight is 234 g/mol. The molecule has 0 aliphatic carbocycles. The summed E-state index contributed by atoms with van der Waals surface area (Å²) in [6, 6.07) is 0. The summed E-state index contributed by atoms with van der Waals surface area (Å²) in [6.45, 7) is 11.8. The van der Waals surface area contributed by atoms with Crippen LogP contribution in [-0.4, -0.2) is 41.9 Å². The van der Waals surface area contributed by atoms with E-state index < -0.39 is 0 Å². The van der Waals surface area contributed by atoms with Crippen LogP contribution in [0.5, 0.6) is 0 Å². The maximum absolute atomic E-state index is 11.6. The first-order valence-corrected chi connectivity index (χ1v) is 6.34. The standard InChI is InChI=1S/C14H22N2O/c1-4-9-15(10-5-2)11-12-16-13(6-3)7-8-14(16)17/h7-8H,3-5,9-12H2,1-2H3. The lowest BCUT2D eigenvalue weighted by Crippen LogP contribution is -2.36. The molecule has 1 amide bonds. The third-order valence-electron chi connectivity index (χ3n) is 2.84. The Morgan fingerprint density at radius 3 is 2.41 bits per heavy atom. The summed E-state index contributed by atoms with van der Waals surface area (Å²) in [5.74, 6) is 0.0455. The highest BCUT2D eigenvalue weighted by Crippen LogP contribution is 2.13. The van der Waals surface area contributed by atoms with Gasteiger partial charge in [-0.3, -0.25) is 4.79 Å². The number of rotatable bonds is 7. The van der Waals surface area contributed by atoms with E-state index in [0.717, 1.165) is 44.7 Å². The van der Waals surface area contributed by atoms with Crippen molar-refractivity contribution in [1.82, 2.24) is 9.80 Å². The average Bonchev–Trinajstić information content (AvgIpc) is 2.67. The largest absolute Gasteiger partial charge is 0.302 e. The van der Waals surface area contributed by atoms with Gasteiger partial charge in [0.15, 0.2) is 0 Å².